The van der Waals surface area contributed by atoms with E-state index in [0.717, 1.165) is 36.1 Å². The summed E-state index contributed by atoms with van der Waals surface area (Å²) in [7, 11) is -8.61. The average molecular weight is 532 g/mol. The second-order valence-electron chi connectivity index (χ2n) is 8.49. The highest BCUT2D eigenvalue weighted by molar-refractivity contribution is 8.04. The summed E-state index contributed by atoms with van der Waals surface area (Å²) >= 11 is 1.54. The number of sulfonamides is 2. The van der Waals surface area contributed by atoms with E-state index in [1.807, 2.05) is 31.2 Å². The fourth-order valence-corrected chi connectivity index (χ4v) is 8.86. The van der Waals surface area contributed by atoms with Crippen molar-refractivity contribution in [2.75, 3.05) is 6.54 Å². The van der Waals surface area contributed by atoms with Crippen molar-refractivity contribution >= 4 is 31.8 Å². The van der Waals surface area contributed by atoms with Crippen LogP contribution in [0.15, 0.2) is 99.6 Å². The van der Waals surface area contributed by atoms with E-state index in [1.54, 1.807) is 36.4 Å². The largest absolute Gasteiger partial charge is 0.256 e. The standard InChI is InChI=1S/C27H33NO4S3/c1-3-4-5-8-13-25(33-24-20-18-23(2)19-21-24)22-28(34(29,30)26-14-9-6-10-15-26)35(31,32)27-16-11-7-12-17-27/h6-7,9-12,14-21,25H,3-5,8,13,22H2,1-2H3. The lowest BCUT2D eigenvalue weighted by Gasteiger charge is -2.27. The molecule has 35 heavy (non-hydrogen) atoms. The van der Waals surface area contributed by atoms with Gasteiger partial charge in [-0.2, -0.15) is 0 Å². The van der Waals surface area contributed by atoms with Crippen molar-refractivity contribution in [2.45, 2.75) is 65.9 Å². The third-order valence-corrected chi connectivity index (χ3v) is 11.2. The van der Waals surface area contributed by atoms with Gasteiger partial charge in [0.2, 0.25) is 0 Å². The third-order valence-electron chi connectivity index (χ3n) is 5.67. The summed E-state index contributed by atoms with van der Waals surface area (Å²) in [6, 6.07) is 23.6. The zero-order chi connectivity index (χ0) is 25.3. The smallest absolute Gasteiger partial charge is 0.206 e. The van der Waals surface area contributed by atoms with Gasteiger partial charge in [0.1, 0.15) is 0 Å². The first-order valence-corrected chi connectivity index (χ1v) is 15.6. The van der Waals surface area contributed by atoms with E-state index >= 15 is 0 Å². The van der Waals surface area contributed by atoms with Crippen molar-refractivity contribution in [3.63, 3.8) is 0 Å². The van der Waals surface area contributed by atoms with Crippen LogP contribution in [0.3, 0.4) is 0 Å². The zero-order valence-electron chi connectivity index (χ0n) is 20.2. The second kappa shape index (κ2) is 12.7. The highest BCUT2D eigenvalue weighted by Crippen LogP contribution is 2.32. The molecule has 0 aliphatic carbocycles. The molecule has 0 spiro atoms. The van der Waals surface area contributed by atoms with Gasteiger partial charge in [0.15, 0.2) is 0 Å². The predicted octanol–water partition coefficient (Wildman–Crippen LogP) is 6.51. The molecule has 0 saturated carbocycles. The fraction of sp³-hybridized carbons (Fsp3) is 0.333. The van der Waals surface area contributed by atoms with Crippen LogP contribution in [0, 0.1) is 6.92 Å². The first-order chi connectivity index (χ1) is 16.7. The fourth-order valence-electron chi connectivity index (χ4n) is 3.71. The lowest BCUT2D eigenvalue weighted by molar-refractivity contribution is 0.484. The van der Waals surface area contributed by atoms with Crippen molar-refractivity contribution in [2.24, 2.45) is 0 Å². The quantitative estimate of drug-likeness (QED) is 0.186. The molecule has 0 N–H and O–H groups in total. The van der Waals surface area contributed by atoms with Crippen LogP contribution in [0.5, 0.6) is 0 Å². The molecule has 3 aromatic carbocycles. The Morgan fingerprint density at radius 3 is 1.71 bits per heavy atom. The van der Waals surface area contributed by atoms with E-state index in [1.165, 1.54) is 36.0 Å². The van der Waals surface area contributed by atoms with Crippen LogP contribution in [0.4, 0.5) is 0 Å². The van der Waals surface area contributed by atoms with Gasteiger partial charge >= 0.3 is 0 Å². The first-order valence-electron chi connectivity index (χ1n) is 11.9. The van der Waals surface area contributed by atoms with Crippen LogP contribution in [0.25, 0.3) is 0 Å². The summed E-state index contributed by atoms with van der Waals surface area (Å²) in [4.78, 5) is 0.916. The molecule has 0 aliphatic heterocycles. The van der Waals surface area contributed by atoms with Crippen LogP contribution in [0.2, 0.25) is 0 Å². The van der Waals surface area contributed by atoms with Gasteiger partial charge < -0.3 is 0 Å². The van der Waals surface area contributed by atoms with Gasteiger partial charge in [-0.15, -0.1) is 11.8 Å². The number of rotatable bonds is 13. The van der Waals surface area contributed by atoms with Crippen molar-refractivity contribution in [3.05, 3.63) is 90.5 Å². The predicted molar refractivity (Wildman–Crippen MR) is 144 cm³/mol. The minimum atomic E-state index is -4.30. The van der Waals surface area contributed by atoms with E-state index in [0.29, 0.717) is 10.1 Å². The Morgan fingerprint density at radius 1 is 0.714 bits per heavy atom. The molecule has 0 heterocycles. The summed E-state index contributed by atoms with van der Waals surface area (Å²) < 4.78 is 55.5. The highest BCUT2D eigenvalue weighted by atomic mass is 32.3. The maximum absolute atomic E-state index is 13.7. The third kappa shape index (κ3) is 7.43. The number of hydrogen-bond donors (Lipinski definition) is 0. The van der Waals surface area contributed by atoms with E-state index in [4.69, 9.17) is 0 Å². The molecule has 3 rings (SSSR count). The molecule has 0 radical (unpaired) electrons. The summed E-state index contributed by atoms with van der Waals surface area (Å²) in [5, 5.41) is -0.230. The maximum Gasteiger partial charge on any atom is 0.256 e. The molecular formula is C27H33NO4S3. The normalized spacial score (nSPS) is 13.1. The van der Waals surface area contributed by atoms with Crippen LogP contribution < -0.4 is 0 Å². The van der Waals surface area contributed by atoms with Gasteiger partial charge in [0, 0.05) is 16.7 Å². The number of thioether (sulfide) groups is 1. The molecule has 3 aromatic rings. The Labute approximate surface area is 214 Å². The number of unbranched alkanes of at least 4 members (excludes halogenated alkanes) is 3. The topological polar surface area (TPSA) is 71.5 Å². The maximum atomic E-state index is 13.7. The van der Waals surface area contributed by atoms with Crippen LogP contribution in [-0.2, 0) is 20.0 Å². The monoisotopic (exact) mass is 531 g/mol. The molecule has 0 bridgehead atoms. The van der Waals surface area contributed by atoms with E-state index in [9.17, 15) is 16.8 Å². The highest BCUT2D eigenvalue weighted by Gasteiger charge is 2.38. The average Bonchev–Trinajstić information content (AvgIpc) is 2.87. The van der Waals surface area contributed by atoms with Gasteiger partial charge in [-0.1, -0.05) is 90.4 Å². The van der Waals surface area contributed by atoms with Gasteiger partial charge in [0.05, 0.1) is 9.79 Å². The van der Waals surface area contributed by atoms with E-state index in [2.05, 4.69) is 6.92 Å². The van der Waals surface area contributed by atoms with E-state index < -0.39 is 20.0 Å². The summed E-state index contributed by atoms with van der Waals surface area (Å²) in [6.45, 7) is 4.01. The van der Waals surface area contributed by atoms with Gasteiger partial charge in [-0.05, 0) is 49.7 Å². The van der Waals surface area contributed by atoms with Crippen molar-refractivity contribution < 1.29 is 16.8 Å². The van der Waals surface area contributed by atoms with Gasteiger partial charge in [-0.3, -0.25) is 0 Å². The zero-order valence-corrected chi connectivity index (χ0v) is 22.7. The minimum absolute atomic E-state index is 0.0374. The number of aryl methyl sites for hydroxylation is 1. The molecule has 0 aliphatic rings. The Hall–Kier alpha value is -2.13. The molecule has 5 nitrogen and oxygen atoms in total. The Balaban J connectivity index is 2.00. The molecule has 8 heteroatoms. The molecule has 0 aromatic heterocycles. The SMILES string of the molecule is CCCCCCC(CN(S(=O)(=O)c1ccccc1)S(=O)(=O)c1ccccc1)Sc1ccc(C)cc1. The molecule has 0 amide bonds. The van der Waals surface area contributed by atoms with Gasteiger partial charge in [0.25, 0.3) is 20.0 Å². The number of nitrogens with zero attached hydrogens (tertiary/aromatic N) is 1. The molecule has 0 fully saturated rings. The lowest BCUT2D eigenvalue weighted by atomic mass is 10.1. The molecule has 1 unspecified atom stereocenters. The Morgan fingerprint density at radius 2 is 1.23 bits per heavy atom. The lowest BCUT2D eigenvalue weighted by Crippen LogP contribution is -2.41. The van der Waals surface area contributed by atoms with E-state index in [-0.39, 0.29) is 21.6 Å². The minimum Gasteiger partial charge on any atom is -0.206 e. The van der Waals surface area contributed by atoms with Crippen LogP contribution >= 0.6 is 11.8 Å². The summed E-state index contributed by atoms with van der Waals surface area (Å²) in [5.74, 6) is 0. The number of benzene rings is 3. The molecular weight excluding hydrogens is 499 g/mol. The summed E-state index contributed by atoms with van der Waals surface area (Å²) in [6.07, 6.45) is 4.83. The summed E-state index contributed by atoms with van der Waals surface area (Å²) in [5.41, 5.74) is 1.13. The van der Waals surface area contributed by atoms with Crippen LogP contribution in [0.1, 0.15) is 44.6 Å². The van der Waals surface area contributed by atoms with Crippen molar-refractivity contribution in [3.8, 4) is 0 Å². The second-order valence-corrected chi connectivity index (χ2v) is 13.8. The number of hydrogen-bond acceptors (Lipinski definition) is 5. The molecule has 188 valence electrons. The van der Waals surface area contributed by atoms with Crippen molar-refractivity contribution in [1.82, 2.24) is 3.71 Å². The Bertz CT molecular complexity index is 1190. The van der Waals surface area contributed by atoms with Crippen molar-refractivity contribution in [1.29, 1.82) is 0 Å². The van der Waals surface area contributed by atoms with Crippen LogP contribution in [-0.4, -0.2) is 32.3 Å². The molecule has 1 atom stereocenters. The Kier molecular flexibility index (Phi) is 9.98. The van der Waals surface area contributed by atoms with Gasteiger partial charge in [-0.25, -0.2) is 16.8 Å². The molecule has 0 saturated heterocycles. The first kappa shape index (κ1) is 27.5.